The molecule has 1 amide bonds. The first-order valence-electron chi connectivity index (χ1n) is 7.90. The van der Waals surface area contributed by atoms with Crippen LogP contribution in [0.5, 0.6) is 0 Å². The van der Waals surface area contributed by atoms with Gasteiger partial charge in [-0.1, -0.05) is 45.9 Å². The SMILES string of the molecule is CC(C)C(=O)N1C(=Nc2ccccc2)OC(C)(C)[C@@H]1C(C)C. The number of benzene rings is 1. The van der Waals surface area contributed by atoms with Gasteiger partial charge in [0.15, 0.2) is 0 Å². The van der Waals surface area contributed by atoms with Crippen LogP contribution in [-0.4, -0.2) is 28.5 Å². The standard InChI is InChI=1S/C18H26N2O2/c1-12(2)15-18(5,6)22-17(20(15)16(21)13(3)4)19-14-10-8-7-9-11-14/h7-13,15H,1-6H3/t15-/m0/s1. The Morgan fingerprint density at radius 3 is 2.27 bits per heavy atom. The second-order valence-electron chi connectivity index (χ2n) is 6.99. The zero-order valence-corrected chi connectivity index (χ0v) is 14.3. The van der Waals surface area contributed by atoms with E-state index in [-0.39, 0.29) is 23.8 Å². The fourth-order valence-electron chi connectivity index (χ4n) is 3.07. The monoisotopic (exact) mass is 302 g/mol. The molecule has 0 bridgehead atoms. The van der Waals surface area contributed by atoms with Gasteiger partial charge >= 0.3 is 0 Å². The van der Waals surface area contributed by atoms with Crippen LogP contribution in [0.4, 0.5) is 5.69 Å². The highest BCUT2D eigenvalue weighted by Crippen LogP contribution is 2.36. The number of hydrogen-bond acceptors (Lipinski definition) is 3. The van der Waals surface area contributed by atoms with E-state index in [4.69, 9.17) is 4.74 Å². The molecule has 0 aromatic heterocycles. The molecule has 0 unspecified atom stereocenters. The van der Waals surface area contributed by atoms with Gasteiger partial charge in [-0.2, -0.15) is 4.99 Å². The molecule has 2 rings (SSSR count). The number of hydrogen-bond donors (Lipinski definition) is 0. The van der Waals surface area contributed by atoms with Crippen LogP contribution in [0.15, 0.2) is 35.3 Å². The summed E-state index contributed by atoms with van der Waals surface area (Å²) in [4.78, 5) is 19.0. The average molecular weight is 302 g/mol. The number of rotatable bonds is 3. The Balaban J connectivity index is 2.48. The Bertz CT molecular complexity index is 562. The number of amides is 1. The molecule has 1 fully saturated rings. The van der Waals surface area contributed by atoms with Crippen LogP contribution < -0.4 is 0 Å². The number of amidine groups is 1. The van der Waals surface area contributed by atoms with E-state index in [0.717, 1.165) is 5.69 Å². The summed E-state index contributed by atoms with van der Waals surface area (Å²) in [6.45, 7) is 12.1. The maximum absolute atomic E-state index is 12.7. The van der Waals surface area contributed by atoms with Gasteiger partial charge in [0.2, 0.25) is 5.91 Å². The van der Waals surface area contributed by atoms with E-state index in [1.54, 1.807) is 4.90 Å². The minimum absolute atomic E-state index is 0.0233. The van der Waals surface area contributed by atoms with Gasteiger partial charge in [-0.25, -0.2) is 0 Å². The second-order valence-corrected chi connectivity index (χ2v) is 6.99. The average Bonchev–Trinajstić information content (AvgIpc) is 2.69. The molecule has 22 heavy (non-hydrogen) atoms. The summed E-state index contributed by atoms with van der Waals surface area (Å²) in [5.41, 5.74) is 0.339. The molecule has 1 heterocycles. The highest BCUT2D eigenvalue weighted by Gasteiger charge is 2.50. The number of ether oxygens (including phenoxy) is 1. The molecule has 1 aromatic carbocycles. The van der Waals surface area contributed by atoms with Gasteiger partial charge in [0, 0.05) is 5.92 Å². The number of carbonyl (C=O) groups excluding carboxylic acids is 1. The molecule has 4 nitrogen and oxygen atoms in total. The van der Waals surface area contributed by atoms with Crippen molar-refractivity contribution in [1.82, 2.24) is 4.90 Å². The third kappa shape index (κ3) is 3.16. The van der Waals surface area contributed by atoms with Crippen LogP contribution in [-0.2, 0) is 9.53 Å². The van der Waals surface area contributed by atoms with Gasteiger partial charge in [0.25, 0.3) is 6.02 Å². The zero-order valence-electron chi connectivity index (χ0n) is 14.3. The van der Waals surface area contributed by atoms with E-state index in [1.807, 2.05) is 58.0 Å². The Labute approximate surface area is 133 Å². The first-order chi connectivity index (χ1) is 10.2. The van der Waals surface area contributed by atoms with Gasteiger partial charge < -0.3 is 4.74 Å². The lowest BCUT2D eigenvalue weighted by atomic mass is 9.88. The van der Waals surface area contributed by atoms with Crippen molar-refractivity contribution in [2.75, 3.05) is 0 Å². The maximum atomic E-state index is 12.7. The predicted molar refractivity (Wildman–Crippen MR) is 89.0 cm³/mol. The lowest BCUT2D eigenvalue weighted by Crippen LogP contribution is -2.49. The Kier molecular flexibility index (Phi) is 4.59. The predicted octanol–water partition coefficient (Wildman–Crippen LogP) is 3.99. The minimum Gasteiger partial charge on any atom is -0.456 e. The summed E-state index contributed by atoms with van der Waals surface area (Å²) >= 11 is 0. The lowest BCUT2D eigenvalue weighted by Gasteiger charge is -2.32. The normalized spacial score (nSPS) is 22.5. The van der Waals surface area contributed by atoms with Crippen LogP contribution in [0.3, 0.4) is 0 Å². The van der Waals surface area contributed by atoms with E-state index in [1.165, 1.54) is 0 Å². The van der Waals surface area contributed by atoms with Crippen LogP contribution in [0.2, 0.25) is 0 Å². The van der Waals surface area contributed by atoms with Crippen molar-refractivity contribution >= 4 is 17.6 Å². The van der Waals surface area contributed by atoms with Gasteiger partial charge in [-0.15, -0.1) is 0 Å². The first-order valence-corrected chi connectivity index (χ1v) is 7.90. The van der Waals surface area contributed by atoms with Gasteiger partial charge in [0.05, 0.1) is 11.7 Å². The van der Waals surface area contributed by atoms with E-state index in [2.05, 4.69) is 18.8 Å². The van der Waals surface area contributed by atoms with Crippen molar-refractivity contribution < 1.29 is 9.53 Å². The van der Waals surface area contributed by atoms with E-state index in [0.29, 0.717) is 6.02 Å². The fraction of sp³-hybridized carbons (Fsp3) is 0.556. The number of carbonyl (C=O) groups is 1. The van der Waals surface area contributed by atoms with Crippen molar-refractivity contribution in [3.63, 3.8) is 0 Å². The molecule has 1 aliphatic heterocycles. The molecule has 1 aliphatic rings. The molecule has 0 saturated carbocycles. The van der Waals surface area contributed by atoms with Gasteiger partial charge in [-0.3, -0.25) is 9.69 Å². The molecule has 4 heteroatoms. The third-order valence-corrected chi connectivity index (χ3v) is 3.89. The first kappa shape index (κ1) is 16.5. The minimum atomic E-state index is -0.452. The molecule has 1 atom stereocenters. The van der Waals surface area contributed by atoms with Gasteiger partial charge in [0.1, 0.15) is 5.60 Å². The van der Waals surface area contributed by atoms with Crippen molar-refractivity contribution in [2.24, 2.45) is 16.8 Å². The summed E-state index contributed by atoms with van der Waals surface area (Å²) in [6.07, 6.45) is 0. The maximum Gasteiger partial charge on any atom is 0.300 e. The largest absolute Gasteiger partial charge is 0.456 e. The van der Waals surface area contributed by atoms with Crippen molar-refractivity contribution in [3.8, 4) is 0 Å². The Morgan fingerprint density at radius 2 is 1.77 bits per heavy atom. The van der Waals surface area contributed by atoms with Gasteiger partial charge in [-0.05, 0) is 31.9 Å². The third-order valence-electron chi connectivity index (χ3n) is 3.89. The highest BCUT2D eigenvalue weighted by atomic mass is 16.5. The topological polar surface area (TPSA) is 41.9 Å². The smallest absolute Gasteiger partial charge is 0.300 e. The van der Waals surface area contributed by atoms with Crippen LogP contribution in [0.25, 0.3) is 0 Å². The number of para-hydroxylation sites is 1. The number of nitrogens with zero attached hydrogens (tertiary/aromatic N) is 2. The molecule has 120 valence electrons. The molecule has 0 radical (unpaired) electrons. The van der Waals surface area contributed by atoms with E-state index < -0.39 is 5.60 Å². The number of aliphatic imine (C=N–C) groups is 1. The molecule has 0 aliphatic carbocycles. The van der Waals surface area contributed by atoms with Crippen molar-refractivity contribution in [1.29, 1.82) is 0 Å². The van der Waals surface area contributed by atoms with Crippen molar-refractivity contribution in [3.05, 3.63) is 30.3 Å². The summed E-state index contributed by atoms with van der Waals surface area (Å²) in [5, 5.41) is 0. The Hall–Kier alpha value is -1.84. The molecular formula is C18H26N2O2. The van der Waals surface area contributed by atoms with Crippen LogP contribution in [0, 0.1) is 11.8 Å². The second kappa shape index (κ2) is 6.11. The zero-order chi connectivity index (χ0) is 16.5. The van der Waals surface area contributed by atoms with Crippen LogP contribution >= 0.6 is 0 Å². The Morgan fingerprint density at radius 1 is 1.18 bits per heavy atom. The fourth-order valence-corrected chi connectivity index (χ4v) is 3.07. The summed E-state index contributed by atoms with van der Waals surface area (Å²) < 4.78 is 6.07. The summed E-state index contributed by atoms with van der Waals surface area (Å²) in [7, 11) is 0. The summed E-state index contributed by atoms with van der Waals surface area (Å²) in [5.74, 6) is 0.236. The summed E-state index contributed by atoms with van der Waals surface area (Å²) in [6, 6.07) is 9.99. The highest BCUT2D eigenvalue weighted by molar-refractivity contribution is 5.98. The van der Waals surface area contributed by atoms with Crippen LogP contribution in [0.1, 0.15) is 41.5 Å². The van der Waals surface area contributed by atoms with E-state index in [9.17, 15) is 4.79 Å². The lowest BCUT2D eigenvalue weighted by molar-refractivity contribution is -0.133. The molecular weight excluding hydrogens is 276 g/mol. The molecule has 1 saturated heterocycles. The van der Waals surface area contributed by atoms with E-state index >= 15 is 0 Å². The molecule has 0 N–H and O–H groups in total. The molecule has 0 spiro atoms. The quantitative estimate of drug-likeness (QED) is 0.847. The molecule has 1 aromatic rings. The van der Waals surface area contributed by atoms with Crippen molar-refractivity contribution in [2.45, 2.75) is 53.2 Å².